The molecule has 1 fully saturated rings. The Morgan fingerprint density at radius 2 is 2.00 bits per heavy atom. The Bertz CT molecular complexity index is 835. The van der Waals surface area contributed by atoms with Gasteiger partial charge in [0.25, 0.3) is 5.91 Å². The van der Waals surface area contributed by atoms with Crippen molar-refractivity contribution < 1.29 is 28.6 Å². The molecule has 1 aliphatic rings. The van der Waals surface area contributed by atoms with E-state index in [1.807, 2.05) is 19.1 Å². The summed E-state index contributed by atoms with van der Waals surface area (Å²) < 4.78 is 16.7. The second-order valence-corrected chi connectivity index (χ2v) is 6.47. The number of aryl methyl sites for hydroxylation is 2. The second-order valence-electron chi connectivity index (χ2n) is 6.47. The monoisotopic (exact) mass is 373 g/mol. The highest BCUT2D eigenvalue weighted by Crippen LogP contribution is 2.26. The number of carbonyl (C=O) groups excluding carboxylic acids is 1. The molecule has 0 saturated carbocycles. The van der Waals surface area contributed by atoms with Gasteiger partial charge in [0.15, 0.2) is 5.76 Å². The number of rotatable bonds is 6. The lowest BCUT2D eigenvalue weighted by Crippen LogP contribution is -2.26. The normalized spacial score (nSPS) is 14.7. The summed E-state index contributed by atoms with van der Waals surface area (Å²) in [6, 6.07) is 6.64. The first-order valence-corrected chi connectivity index (χ1v) is 9.00. The second kappa shape index (κ2) is 8.26. The standard InChI is InChI=1S/C20H23NO6/c1-3-16-15(20(23)24)11-18(27-16)19(22)21-13-4-5-17(12(2)10-13)26-14-6-8-25-9-7-14/h4-5,10-11,14H,3,6-9H2,1-2H3,(H,21,22)(H,23,24). The molecule has 0 atom stereocenters. The number of carbonyl (C=O) groups is 2. The molecule has 0 aliphatic carbocycles. The van der Waals surface area contributed by atoms with Crippen LogP contribution < -0.4 is 10.1 Å². The molecule has 0 unspecified atom stereocenters. The van der Waals surface area contributed by atoms with Crippen LogP contribution in [0.25, 0.3) is 0 Å². The van der Waals surface area contributed by atoms with Gasteiger partial charge in [-0.1, -0.05) is 6.92 Å². The Kier molecular flexibility index (Phi) is 5.81. The van der Waals surface area contributed by atoms with E-state index in [0.29, 0.717) is 25.3 Å². The van der Waals surface area contributed by atoms with Crippen molar-refractivity contribution in [2.24, 2.45) is 0 Å². The Hall–Kier alpha value is -2.80. The molecule has 0 spiro atoms. The van der Waals surface area contributed by atoms with Crippen molar-refractivity contribution in [1.29, 1.82) is 0 Å². The van der Waals surface area contributed by atoms with E-state index in [9.17, 15) is 9.59 Å². The lowest BCUT2D eigenvalue weighted by Gasteiger charge is -2.24. The van der Waals surface area contributed by atoms with Crippen molar-refractivity contribution in [1.82, 2.24) is 0 Å². The van der Waals surface area contributed by atoms with Crippen LogP contribution in [0.5, 0.6) is 5.75 Å². The fourth-order valence-corrected chi connectivity index (χ4v) is 3.01. The first-order valence-electron chi connectivity index (χ1n) is 9.00. The number of hydrogen-bond acceptors (Lipinski definition) is 5. The quantitative estimate of drug-likeness (QED) is 0.802. The predicted molar refractivity (Wildman–Crippen MR) is 98.6 cm³/mol. The molecule has 0 bridgehead atoms. The SMILES string of the molecule is CCc1oc(C(=O)Nc2ccc(OC3CCOCC3)c(C)c2)cc1C(=O)O. The number of anilines is 1. The minimum absolute atomic E-state index is 0.0130. The van der Waals surface area contributed by atoms with Crippen molar-refractivity contribution >= 4 is 17.6 Å². The number of carboxylic acid groups (broad SMARTS) is 1. The summed E-state index contributed by atoms with van der Waals surface area (Å²) in [5.74, 6) is -0.567. The fourth-order valence-electron chi connectivity index (χ4n) is 3.01. The van der Waals surface area contributed by atoms with Crippen LogP contribution in [0, 0.1) is 6.92 Å². The van der Waals surface area contributed by atoms with Crippen LogP contribution >= 0.6 is 0 Å². The van der Waals surface area contributed by atoms with Crippen molar-refractivity contribution in [3.05, 3.63) is 46.9 Å². The average Bonchev–Trinajstić information content (AvgIpc) is 3.10. The maximum absolute atomic E-state index is 12.4. The summed E-state index contributed by atoms with van der Waals surface area (Å²) in [4.78, 5) is 23.6. The Balaban J connectivity index is 1.69. The van der Waals surface area contributed by atoms with Crippen LogP contribution in [-0.2, 0) is 11.2 Å². The number of benzene rings is 1. The zero-order valence-corrected chi connectivity index (χ0v) is 15.4. The van der Waals surface area contributed by atoms with E-state index in [0.717, 1.165) is 24.2 Å². The van der Waals surface area contributed by atoms with Crippen molar-refractivity contribution in [3.63, 3.8) is 0 Å². The number of nitrogens with one attached hydrogen (secondary N) is 1. The predicted octanol–water partition coefficient (Wildman–Crippen LogP) is 3.66. The molecule has 1 saturated heterocycles. The maximum Gasteiger partial charge on any atom is 0.339 e. The zero-order chi connectivity index (χ0) is 19.4. The molecular formula is C20H23NO6. The summed E-state index contributed by atoms with van der Waals surface area (Å²) in [6.07, 6.45) is 2.26. The molecule has 3 rings (SSSR count). The van der Waals surface area contributed by atoms with Gasteiger partial charge in [-0.05, 0) is 30.7 Å². The molecule has 0 radical (unpaired) electrons. The molecular weight excluding hydrogens is 350 g/mol. The highest BCUT2D eigenvalue weighted by Gasteiger charge is 2.21. The Morgan fingerprint density at radius 3 is 2.59 bits per heavy atom. The van der Waals surface area contributed by atoms with Crippen LogP contribution in [0.3, 0.4) is 0 Å². The summed E-state index contributed by atoms with van der Waals surface area (Å²) in [5, 5.41) is 11.9. The number of ether oxygens (including phenoxy) is 2. The smallest absolute Gasteiger partial charge is 0.339 e. The molecule has 2 aromatic rings. The molecule has 1 aliphatic heterocycles. The van der Waals surface area contributed by atoms with Gasteiger partial charge in [0.1, 0.15) is 23.2 Å². The zero-order valence-electron chi connectivity index (χ0n) is 15.4. The van der Waals surface area contributed by atoms with Crippen LogP contribution in [0.4, 0.5) is 5.69 Å². The van der Waals surface area contributed by atoms with E-state index >= 15 is 0 Å². The van der Waals surface area contributed by atoms with Gasteiger partial charge in [-0.15, -0.1) is 0 Å². The van der Waals surface area contributed by atoms with Gasteiger partial charge in [-0.25, -0.2) is 4.79 Å². The fraction of sp³-hybridized carbons (Fsp3) is 0.400. The largest absolute Gasteiger partial charge is 0.490 e. The Labute approximate surface area is 157 Å². The minimum atomic E-state index is -1.11. The van der Waals surface area contributed by atoms with E-state index in [1.54, 1.807) is 13.0 Å². The summed E-state index contributed by atoms with van der Waals surface area (Å²) >= 11 is 0. The van der Waals surface area contributed by atoms with Gasteiger partial charge in [-0.3, -0.25) is 4.79 Å². The first kappa shape index (κ1) is 19.0. The first-order chi connectivity index (χ1) is 13.0. The molecule has 7 nitrogen and oxygen atoms in total. The third-order valence-electron chi connectivity index (χ3n) is 4.48. The molecule has 2 N–H and O–H groups in total. The van der Waals surface area contributed by atoms with Crippen molar-refractivity contribution in [2.45, 2.75) is 39.2 Å². The van der Waals surface area contributed by atoms with E-state index in [2.05, 4.69) is 5.32 Å². The number of hydrogen-bond donors (Lipinski definition) is 2. The molecule has 1 aromatic carbocycles. The lowest BCUT2D eigenvalue weighted by molar-refractivity contribution is 0.0253. The summed E-state index contributed by atoms with van der Waals surface area (Å²) in [7, 11) is 0. The Morgan fingerprint density at radius 1 is 1.26 bits per heavy atom. The minimum Gasteiger partial charge on any atom is -0.490 e. The van der Waals surface area contributed by atoms with Crippen LogP contribution in [0.2, 0.25) is 0 Å². The number of carboxylic acids is 1. The van der Waals surface area contributed by atoms with Crippen LogP contribution in [0.1, 0.15) is 52.0 Å². The number of aromatic carboxylic acids is 1. The average molecular weight is 373 g/mol. The molecule has 144 valence electrons. The topological polar surface area (TPSA) is 98.0 Å². The van der Waals surface area contributed by atoms with Gasteiger partial charge in [-0.2, -0.15) is 0 Å². The van der Waals surface area contributed by atoms with E-state index < -0.39 is 11.9 Å². The molecule has 7 heteroatoms. The third kappa shape index (κ3) is 4.49. The highest BCUT2D eigenvalue weighted by atomic mass is 16.5. The number of furan rings is 1. The van der Waals surface area contributed by atoms with Crippen molar-refractivity contribution in [2.75, 3.05) is 18.5 Å². The highest BCUT2D eigenvalue weighted by molar-refractivity contribution is 6.04. The van der Waals surface area contributed by atoms with Gasteiger partial charge >= 0.3 is 5.97 Å². The summed E-state index contributed by atoms with van der Waals surface area (Å²) in [5.41, 5.74) is 1.50. The maximum atomic E-state index is 12.4. The van der Waals surface area contributed by atoms with Crippen LogP contribution in [-0.4, -0.2) is 36.3 Å². The molecule has 1 amide bonds. The molecule has 27 heavy (non-hydrogen) atoms. The van der Waals surface area contributed by atoms with Crippen LogP contribution in [0.15, 0.2) is 28.7 Å². The van der Waals surface area contributed by atoms with Gasteiger partial charge in [0.2, 0.25) is 0 Å². The third-order valence-corrected chi connectivity index (χ3v) is 4.48. The van der Waals surface area contributed by atoms with E-state index in [1.165, 1.54) is 6.07 Å². The van der Waals surface area contributed by atoms with E-state index in [4.69, 9.17) is 19.0 Å². The molecule has 2 heterocycles. The lowest BCUT2D eigenvalue weighted by atomic mass is 10.1. The van der Waals surface area contributed by atoms with Crippen molar-refractivity contribution in [3.8, 4) is 5.75 Å². The van der Waals surface area contributed by atoms with E-state index in [-0.39, 0.29) is 23.2 Å². The van der Waals surface area contributed by atoms with Gasteiger partial charge < -0.3 is 24.3 Å². The molecule has 1 aromatic heterocycles. The summed E-state index contributed by atoms with van der Waals surface area (Å²) in [6.45, 7) is 5.10. The van der Waals surface area contributed by atoms with Gasteiger partial charge in [0.05, 0.1) is 13.2 Å². The van der Waals surface area contributed by atoms with Gasteiger partial charge in [0, 0.05) is 31.0 Å². The number of amides is 1.